The van der Waals surface area contributed by atoms with Gasteiger partial charge >= 0.3 is 0 Å². The van der Waals surface area contributed by atoms with Gasteiger partial charge in [0.1, 0.15) is 0 Å². The molecule has 0 aliphatic heterocycles. The molecule has 0 spiro atoms. The van der Waals surface area contributed by atoms with Crippen molar-refractivity contribution in [2.45, 2.75) is 13.1 Å². The molecule has 6 nitrogen and oxygen atoms in total. The van der Waals surface area contributed by atoms with Crippen molar-refractivity contribution in [2.75, 3.05) is 40.1 Å². The number of amides is 1. The zero-order valence-electron chi connectivity index (χ0n) is 17.2. The van der Waals surface area contributed by atoms with Gasteiger partial charge in [0.15, 0.2) is 5.96 Å². The summed E-state index contributed by atoms with van der Waals surface area (Å²) in [5.74, 6) is 0.743. The smallest absolute Gasteiger partial charge is 0.253 e. The van der Waals surface area contributed by atoms with Gasteiger partial charge in [0.05, 0.1) is 0 Å². The molecule has 0 aliphatic carbocycles. The van der Waals surface area contributed by atoms with Crippen molar-refractivity contribution < 1.29 is 4.79 Å². The van der Waals surface area contributed by atoms with Gasteiger partial charge in [0.25, 0.3) is 5.91 Å². The number of hydrogen-bond donors (Lipinski definition) is 2. The maximum absolute atomic E-state index is 11.9. The van der Waals surface area contributed by atoms with Crippen molar-refractivity contribution in [1.29, 1.82) is 0 Å². The van der Waals surface area contributed by atoms with E-state index in [1.54, 1.807) is 26.0 Å². The molecule has 0 heterocycles. The lowest BCUT2D eigenvalue weighted by Gasteiger charge is -2.15. The lowest BCUT2D eigenvalue weighted by Crippen LogP contribution is -2.36. The zero-order valence-corrected chi connectivity index (χ0v) is 19.5. The van der Waals surface area contributed by atoms with Crippen LogP contribution in [-0.2, 0) is 13.1 Å². The van der Waals surface area contributed by atoms with Crippen LogP contribution in [0, 0.1) is 0 Å². The molecule has 0 saturated carbocycles. The summed E-state index contributed by atoms with van der Waals surface area (Å²) in [6.07, 6.45) is 0. The van der Waals surface area contributed by atoms with Crippen molar-refractivity contribution >= 4 is 41.5 Å². The molecule has 7 heteroatoms. The molecule has 0 saturated heterocycles. The minimum absolute atomic E-state index is 0. The Labute approximate surface area is 185 Å². The topological polar surface area (TPSA) is 60.0 Å². The van der Waals surface area contributed by atoms with Gasteiger partial charge in [-0.05, 0) is 35.4 Å². The van der Waals surface area contributed by atoms with Crippen molar-refractivity contribution in [3.05, 3.63) is 65.2 Å². The van der Waals surface area contributed by atoms with Gasteiger partial charge in [-0.25, -0.2) is 0 Å². The molecule has 0 aliphatic rings. The quantitative estimate of drug-likeness (QED) is 0.368. The Morgan fingerprint density at radius 1 is 0.857 bits per heavy atom. The number of anilines is 1. The van der Waals surface area contributed by atoms with Crippen LogP contribution in [0.4, 0.5) is 5.69 Å². The molecule has 2 N–H and O–H groups in total. The summed E-state index contributed by atoms with van der Waals surface area (Å²) >= 11 is 0. The molecule has 2 aromatic carbocycles. The minimum atomic E-state index is 0. The first-order valence-corrected chi connectivity index (χ1v) is 8.92. The fourth-order valence-electron chi connectivity index (χ4n) is 2.53. The Morgan fingerprint density at radius 2 is 1.32 bits per heavy atom. The normalized spacial score (nSPS) is 10.7. The predicted molar refractivity (Wildman–Crippen MR) is 128 cm³/mol. The number of guanidine groups is 1. The van der Waals surface area contributed by atoms with Crippen LogP contribution in [0.3, 0.4) is 0 Å². The second-order valence-corrected chi connectivity index (χ2v) is 6.74. The number of nitrogens with one attached hydrogen (secondary N) is 2. The Morgan fingerprint density at radius 3 is 1.71 bits per heavy atom. The molecular weight excluding hydrogens is 465 g/mol. The fraction of sp³-hybridized carbons (Fsp3) is 0.333. The molecular formula is C21H30IN5O. The van der Waals surface area contributed by atoms with E-state index < -0.39 is 0 Å². The molecule has 0 radical (unpaired) electrons. The van der Waals surface area contributed by atoms with Crippen molar-refractivity contribution in [3.8, 4) is 0 Å². The van der Waals surface area contributed by atoms with Gasteiger partial charge < -0.3 is 20.4 Å². The third-order valence-electron chi connectivity index (χ3n) is 4.20. The van der Waals surface area contributed by atoms with Crippen LogP contribution in [-0.4, -0.2) is 52.0 Å². The number of nitrogens with zero attached hydrogens (tertiary/aromatic N) is 3. The van der Waals surface area contributed by atoms with E-state index in [1.807, 2.05) is 38.4 Å². The lowest BCUT2D eigenvalue weighted by atomic mass is 10.1. The first-order valence-electron chi connectivity index (χ1n) is 8.92. The third-order valence-corrected chi connectivity index (χ3v) is 4.20. The summed E-state index contributed by atoms with van der Waals surface area (Å²) < 4.78 is 0. The maximum atomic E-state index is 11.9. The van der Waals surface area contributed by atoms with Gasteiger partial charge in [0, 0.05) is 59.6 Å². The third kappa shape index (κ3) is 7.03. The van der Waals surface area contributed by atoms with Gasteiger partial charge in [-0.1, -0.05) is 24.3 Å². The molecule has 2 aromatic rings. The average Bonchev–Trinajstić information content (AvgIpc) is 2.68. The van der Waals surface area contributed by atoms with Crippen LogP contribution in [0.2, 0.25) is 0 Å². The number of rotatable bonds is 6. The molecule has 0 fully saturated rings. The number of carbonyl (C=O) groups is 1. The first-order chi connectivity index (χ1) is 12.9. The van der Waals surface area contributed by atoms with Crippen LogP contribution in [0.25, 0.3) is 0 Å². The molecule has 0 atom stereocenters. The summed E-state index contributed by atoms with van der Waals surface area (Å²) in [5, 5.41) is 6.61. The highest BCUT2D eigenvalue weighted by Gasteiger charge is 2.07. The monoisotopic (exact) mass is 495 g/mol. The van der Waals surface area contributed by atoms with Crippen molar-refractivity contribution in [1.82, 2.24) is 15.5 Å². The summed E-state index contributed by atoms with van der Waals surface area (Å²) in [5.41, 5.74) is 4.14. The number of halogens is 1. The van der Waals surface area contributed by atoms with E-state index in [1.165, 1.54) is 11.3 Å². The molecule has 28 heavy (non-hydrogen) atoms. The molecule has 0 unspecified atom stereocenters. The maximum Gasteiger partial charge on any atom is 0.253 e. The van der Waals surface area contributed by atoms with E-state index in [0.717, 1.165) is 11.5 Å². The SMILES string of the molecule is CN=C(NCc1ccc(C(=O)N(C)C)cc1)NCc1ccc(N(C)C)cc1.I. The molecule has 0 aromatic heterocycles. The Kier molecular flexibility index (Phi) is 9.78. The van der Waals surface area contributed by atoms with Gasteiger partial charge in [-0.3, -0.25) is 9.79 Å². The van der Waals surface area contributed by atoms with Crippen LogP contribution < -0.4 is 15.5 Å². The van der Waals surface area contributed by atoms with Crippen molar-refractivity contribution in [2.24, 2.45) is 4.99 Å². The highest BCUT2D eigenvalue weighted by atomic mass is 127. The number of carbonyl (C=O) groups excluding carboxylic acids is 1. The van der Waals surface area contributed by atoms with E-state index in [2.05, 4.69) is 44.8 Å². The minimum Gasteiger partial charge on any atom is -0.378 e. The van der Waals surface area contributed by atoms with Crippen LogP contribution >= 0.6 is 24.0 Å². The average molecular weight is 495 g/mol. The molecule has 2 rings (SSSR count). The highest BCUT2D eigenvalue weighted by Crippen LogP contribution is 2.12. The van der Waals surface area contributed by atoms with Crippen LogP contribution in [0.1, 0.15) is 21.5 Å². The molecule has 1 amide bonds. The lowest BCUT2D eigenvalue weighted by molar-refractivity contribution is 0.0827. The van der Waals surface area contributed by atoms with Gasteiger partial charge in [0.2, 0.25) is 0 Å². The van der Waals surface area contributed by atoms with Crippen LogP contribution in [0.5, 0.6) is 0 Å². The Balaban J connectivity index is 0.00000392. The van der Waals surface area contributed by atoms with E-state index in [0.29, 0.717) is 18.7 Å². The van der Waals surface area contributed by atoms with E-state index >= 15 is 0 Å². The van der Waals surface area contributed by atoms with Crippen LogP contribution in [0.15, 0.2) is 53.5 Å². The van der Waals surface area contributed by atoms with Crippen molar-refractivity contribution in [3.63, 3.8) is 0 Å². The number of aliphatic imine (C=N–C) groups is 1. The van der Waals surface area contributed by atoms with E-state index in [9.17, 15) is 4.79 Å². The summed E-state index contributed by atoms with van der Waals surface area (Å²) in [7, 11) is 9.32. The number of benzene rings is 2. The predicted octanol–water partition coefficient (Wildman–Crippen LogP) is 2.94. The second-order valence-electron chi connectivity index (χ2n) is 6.74. The number of hydrogen-bond acceptors (Lipinski definition) is 3. The van der Waals surface area contributed by atoms with E-state index in [4.69, 9.17) is 0 Å². The first kappa shape index (κ1) is 23.7. The second kappa shape index (κ2) is 11.5. The fourth-order valence-corrected chi connectivity index (χ4v) is 2.53. The Hall–Kier alpha value is -2.29. The standard InChI is InChI=1S/C21H29N5O.HI/c1-22-21(24-15-17-8-12-19(13-9-17)25(2)3)23-14-16-6-10-18(11-7-16)20(27)26(4)5;/h6-13H,14-15H2,1-5H3,(H2,22,23,24);1H. The zero-order chi connectivity index (χ0) is 19.8. The highest BCUT2D eigenvalue weighted by molar-refractivity contribution is 14.0. The largest absolute Gasteiger partial charge is 0.378 e. The van der Waals surface area contributed by atoms with Gasteiger partial charge in [-0.15, -0.1) is 24.0 Å². The molecule has 0 bridgehead atoms. The van der Waals surface area contributed by atoms with E-state index in [-0.39, 0.29) is 29.9 Å². The molecule has 152 valence electrons. The van der Waals surface area contributed by atoms with Gasteiger partial charge in [-0.2, -0.15) is 0 Å². The summed E-state index contributed by atoms with van der Waals surface area (Å²) in [6, 6.07) is 16.0. The summed E-state index contributed by atoms with van der Waals surface area (Å²) in [6.45, 7) is 1.33. The Bertz CT molecular complexity index is 770. The summed E-state index contributed by atoms with van der Waals surface area (Å²) in [4.78, 5) is 19.8.